The minimum absolute atomic E-state index is 0.0840. The van der Waals surface area contributed by atoms with Gasteiger partial charge in [0.05, 0.1) is 11.4 Å². The van der Waals surface area contributed by atoms with Crippen LogP contribution in [0, 0.1) is 0 Å². The molecule has 0 radical (unpaired) electrons. The number of benzene rings is 3. The molecule has 0 saturated carbocycles. The van der Waals surface area contributed by atoms with Crippen LogP contribution in [0.2, 0.25) is 0 Å². The van der Waals surface area contributed by atoms with Crippen LogP contribution in [0.15, 0.2) is 82.6 Å². The summed E-state index contributed by atoms with van der Waals surface area (Å²) in [6, 6.07) is 16.4. The van der Waals surface area contributed by atoms with E-state index in [1.54, 1.807) is 0 Å². The first-order valence-electron chi connectivity index (χ1n) is 7.91. The van der Waals surface area contributed by atoms with Gasteiger partial charge in [-0.05, 0) is 42.5 Å². The van der Waals surface area contributed by atoms with E-state index >= 15 is 0 Å². The van der Waals surface area contributed by atoms with Crippen molar-refractivity contribution < 1.29 is 27.0 Å². The molecule has 0 aromatic heterocycles. The lowest BCUT2D eigenvalue weighted by molar-refractivity contribution is 0.458. The van der Waals surface area contributed by atoms with Crippen LogP contribution in [-0.2, 0) is 20.0 Å². The van der Waals surface area contributed by atoms with E-state index in [0.717, 1.165) is 0 Å². The van der Waals surface area contributed by atoms with Gasteiger partial charge in [-0.3, -0.25) is 9.44 Å². The molecule has 8 nitrogen and oxygen atoms in total. The molecule has 0 unspecified atom stereocenters. The zero-order valence-corrected chi connectivity index (χ0v) is 15.9. The smallest absolute Gasteiger partial charge is 0.265 e. The van der Waals surface area contributed by atoms with E-state index in [0.29, 0.717) is 0 Å². The molecule has 0 saturated heterocycles. The maximum Gasteiger partial charge on any atom is 0.265 e. The van der Waals surface area contributed by atoms with Crippen LogP contribution in [0.4, 0.5) is 11.4 Å². The Labute approximate surface area is 162 Å². The second kappa shape index (κ2) is 7.41. The monoisotopic (exact) mass is 420 g/mol. The van der Waals surface area contributed by atoms with Gasteiger partial charge in [0.25, 0.3) is 20.0 Å². The zero-order valence-electron chi connectivity index (χ0n) is 14.3. The minimum Gasteiger partial charge on any atom is -0.507 e. The zero-order chi connectivity index (χ0) is 20.4. The average Bonchev–Trinajstić information content (AvgIpc) is 2.61. The van der Waals surface area contributed by atoms with Crippen molar-refractivity contribution in [2.75, 3.05) is 9.44 Å². The van der Waals surface area contributed by atoms with Gasteiger partial charge in [-0.1, -0.05) is 30.3 Å². The van der Waals surface area contributed by atoms with Crippen LogP contribution >= 0.6 is 0 Å². The SMILES string of the molecule is O=S(=O)(Nc1cccc(NS(=O)(=O)c2ccccc2O)c1)c1ccccc1O. The first-order valence-corrected chi connectivity index (χ1v) is 10.9. The third-order valence-corrected chi connectivity index (χ3v) is 6.53. The van der Waals surface area contributed by atoms with E-state index in [1.165, 1.54) is 72.8 Å². The van der Waals surface area contributed by atoms with Crippen molar-refractivity contribution in [1.29, 1.82) is 0 Å². The second-order valence-electron chi connectivity index (χ2n) is 5.73. The van der Waals surface area contributed by atoms with E-state index in [-0.39, 0.29) is 21.2 Å². The summed E-state index contributed by atoms with van der Waals surface area (Å²) >= 11 is 0. The van der Waals surface area contributed by atoms with Gasteiger partial charge in [-0.25, -0.2) is 16.8 Å². The topological polar surface area (TPSA) is 133 Å². The van der Waals surface area contributed by atoms with Crippen molar-refractivity contribution in [2.24, 2.45) is 0 Å². The molecule has 146 valence electrons. The lowest BCUT2D eigenvalue weighted by Gasteiger charge is -2.12. The number of hydrogen-bond acceptors (Lipinski definition) is 6. The molecule has 0 aliphatic heterocycles. The lowest BCUT2D eigenvalue weighted by Crippen LogP contribution is -2.15. The number of hydrogen-bond donors (Lipinski definition) is 4. The molecule has 3 aromatic rings. The number of nitrogens with one attached hydrogen (secondary N) is 2. The standard InChI is InChI=1S/C18H16N2O6S2/c21-15-8-1-3-10-17(15)27(23,24)19-13-6-5-7-14(12-13)20-28(25,26)18-11-4-2-9-16(18)22/h1-12,19-22H. The lowest BCUT2D eigenvalue weighted by atomic mass is 10.3. The molecule has 0 amide bonds. The molecular formula is C18H16N2O6S2. The van der Waals surface area contributed by atoms with E-state index in [9.17, 15) is 27.0 Å². The molecule has 0 aliphatic carbocycles. The highest BCUT2D eigenvalue weighted by Crippen LogP contribution is 2.27. The van der Waals surface area contributed by atoms with Crippen LogP contribution in [0.5, 0.6) is 11.5 Å². The fourth-order valence-corrected chi connectivity index (χ4v) is 4.73. The summed E-state index contributed by atoms with van der Waals surface area (Å²) in [5.74, 6) is -0.821. The van der Waals surface area contributed by atoms with Crippen LogP contribution in [-0.4, -0.2) is 27.0 Å². The number of anilines is 2. The Hall–Kier alpha value is -3.24. The Kier molecular flexibility index (Phi) is 5.16. The van der Waals surface area contributed by atoms with Gasteiger partial charge < -0.3 is 10.2 Å². The highest BCUT2D eigenvalue weighted by molar-refractivity contribution is 7.93. The van der Waals surface area contributed by atoms with Gasteiger partial charge in [0.1, 0.15) is 21.3 Å². The Morgan fingerprint density at radius 3 is 1.36 bits per heavy atom. The summed E-state index contributed by atoms with van der Waals surface area (Å²) in [4.78, 5) is -0.620. The molecule has 0 heterocycles. The quantitative estimate of drug-likeness (QED) is 0.485. The van der Waals surface area contributed by atoms with E-state index in [4.69, 9.17) is 0 Å². The Balaban J connectivity index is 1.87. The van der Waals surface area contributed by atoms with Crippen molar-refractivity contribution in [1.82, 2.24) is 0 Å². The van der Waals surface area contributed by atoms with Crippen molar-refractivity contribution >= 4 is 31.4 Å². The molecule has 28 heavy (non-hydrogen) atoms. The molecule has 0 aliphatic rings. The van der Waals surface area contributed by atoms with Crippen LogP contribution < -0.4 is 9.44 Å². The first kappa shape index (κ1) is 19.5. The van der Waals surface area contributed by atoms with Gasteiger partial charge in [0.15, 0.2) is 0 Å². The summed E-state index contributed by atoms with van der Waals surface area (Å²) in [6.07, 6.45) is 0. The Morgan fingerprint density at radius 1 is 0.571 bits per heavy atom. The fraction of sp³-hybridized carbons (Fsp3) is 0. The van der Waals surface area contributed by atoms with E-state index < -0.39 is 31.5 Å². The maximum absolute atomic E-state index is 12.4. The number of phenols is 2. The number of para-hydroxylation sites is 2. The normalized spacial score (nSPS) is 11.7. The molecule has 0 atom stereocenters. The summed E-state index contributed by atoms with van der Waals surface area (Å²) < 4.78 is 54.3. The molecule has 0 bridgehead atoms. The van der Waals surface area contributed by atoms with Crippen molar-refractivity contribution in [3.8, 4) is 11.5 Å². The van der Waals surface area contributed by atoms with Crippen LogP contribution in [0.1, 0.15) is 0 Å². The van der Waals surface area contributed by atoms with Gasteiger partial charge in [0.2, 0.25) is 0 Å². The highest BCUT2D eigenvalue weighted by Gasteiger charge is 2.20. The van der Waals surface area contributed by atoms with Crippen molar-refractivity contribution in [3.63, 3.8) is 0 Å². The molecule has 3 aromatic carbocycles. The van der Waals surface area contributed by atoms with Gasteiger partial charge in [-0.2, -0.15) is 0 Å². The minimum atomic E-state index is -4.08. The van der Waals surface area contributed by atoms with Gasteiger partial charge >= 0.3 is 0 Å². The molecule has 3 rings (SSSR count). The fourth-order valence-electron chi connectivity index (χ4n) is 2.44. The average molecular weight is 420 g/mol. The summed E-state index contributed by atoms with van der Waals surface area (Å²) in [7, 11) is -8.16. The first-order chi connectivity index (χ1) is 13.2. The molecule has 0 fully saturated rings. The Bertz CT molecular complexity index is 1130. The van der Waals surface area contributed by atoms with Crippen LogP contribution in [0.25, 0.3) is 0 Å². The highest BCUT2D eigenvalue weighted by atomic mass is 32.2. The van der Waals surface area contributed by atoms with E-state index in [2.05, 4.69) is 9.44 Å². The molecular weight excluding hydrogens is 404 g/mol. The Morgan fingerprint density at radius 2 is 0.964 bits per heavy atom. The van der Waals surface area contributed by atoms with Crippen molar-refractivity contribution in [2.45, 2.75) is 9.79 Å². The van der Waals surface area contributed by atoms with Crippen molar-refractivity contribution in [3.05, 3.63) is 72.8 Å². The van der Waals surface area contributed by atoms with Crippen LogP contribution in [0.3, 0.4) is 0 Å². The summed E-state index contributed by atoms with van der Waals surface area (Å²) in [6.45, 7) is 0. The molecule has 0 spiro atoms. The van der Waals surface area contributed by atoms with E-state index in [1.807, 2.05) is 0 Å². The summed E-state index contributed by atoms with van der Waals surface area (Å²) in [5.41, 5.74) is 0.168. The summed E-state index contributed by atoms with van der Waals surface area (Å²) in [5, 5.41) is 19.5. The maximum atomic E-state index is 12.4. The van der Waals surface area contributed by atoms with Gasteiger partial charge in [-0.15, -0.1) is 0 Å². The predicted octanol–water partition coefficient (Wildman–Crippen LogP) is 2.70. The largest absolute Gasteiger partial charge is 0.507 e. The second-order valence-corrected chi connectivity index (χ2v) is 9.03. The third-order valence-electron chi connectivity index (χ3n) is 3.68. The number of sulfonamides is 2. The predicted molar refractivity (Wildman–Crippen MR) is 104 cm³/mol. The van der Waals surface area contributed by atoms with Gasteiger partial charge in [0, 0.05) is 0 Å². The third kappa shape index (κ3) is 4.18. The number of phenolic OH excluding ortho intramolecular Hbond substituents is 2. The number of rotatable bonds is 6. The molecule has 10 heteroatoms. The number of aromatic hydroxyl groups is 2. The molecule has 4 N–H and O–H groups in total.